The molecule has 1 amide bonds. The number of anilines is 1. The van der Waals surface area contributed by atoms with Crippen LogP contribution in [-0.2, 0) is 11.0 Å². The lowest BCUT2D eigenvalue weighted by atomic mass is 10.1. The van der Waals surface area contributed by atoms with Crippen LogP contribution < -0.4 is 10.6 Å². The van der Waals surface area contributed by atoms with E-state index in [-0.39, 0.29) is 24.6 Å². The molecule has 0 aromatic heterocycles. The standard InChI is InChI=1S/C13H16BrF3N2O/c1-2-6-19-12(20)5-7-18-11-8-9(14)3-4-10(11)13(15,16)17/h3-4,8,18H,2,5-7H2,1H3,(H,19,20). The molecule has 0 saturated carbocycles. The molecular weight excluding hydrogens is 337 g/mol. The van der Waals surface area contributed by atoms with E-state index in [2.05, 4.69) is 26.6 Å². The summed E-state index contributed by atoms with van der Waals surface area (Å²) in [4.78, 5) is 11.4. The Labute approximate surface area is 124 Å². The van der Waals surface area contributed by atoms with Crippen molar-refractivity contribution in [3.05, 3.63) is 28.2 Å². The van der Waals surface area contributed by atoms with Crippen LogP contribution in [0.2, 0.25) is 0 Å². The summed E-state index contributed by atoms with van der Waals surface area (Å²) in [5, 5.41) is 5.32. The first-order valence-electron chi connectivity index (χ1n) is 6.22. The van der Waals surface area contributed by atoms with Crippen LogP contribution in [0.1, 0.15) is 25.3 Å². The highest BCUT2D eigenvalue weighted by molar-refractivity contribution is 9.10. The fourth-order valence-corrected chi connectivity index (χ4v) is 1.93. The van der Waals surface area contributed by atoms with Gasteiger partial charge in [0, 0.05) is 29.7 Å². The summed E-state index contributed by atoms with van der Waals surface area (Å²) < 4.78 is 38.9. The van der Waals surface area contributed by atoms with Crippen LogP contribution >= 0.6 is 15.9 Å². The molecule has 0 atom stereocenters. The largest absolute Gasteiger partial charge is 0.418 e. The number of halogens is 4. The SMILES string of the molecule is CCCNC(=O)CCNc1cc(Br)ccc1C(F)(F)F. The Bertz CT molecular complexity index is 463. The molecule has 0 bridgehead atoms. The van der Waals surface area contributed by atoms with E-state index in [1.54, 1.807) is 0 Å². The molecule has 112 valence electrons. The minimum Gasteiger partial charge on any atom is -0.384 e. The smallest absolute Gasteiger partial charge is 0.384 e. The van der Waals surface area contributed by atoms with Gasteiger partial charge in [0.05, 0.1) is 5.56 Å². The quantitative estimate of drug-likeness (QED) is 0.817. The molecule has 0 unspecified atom stereocenters. The van der Waals surface area contributed by atoms with Gasteiger partial charge in [0.1, 0.15) is 0 Å². The highest BCUT2D eigenvalue weighted by atomic mass is 79.9. The first-order valence-corrected chi connectivity index (χ1v) is 7.01. The Balaban J connectivity index is 2.63. The van der Waals surface area contributed by atoms with Crippen molar-refractivity contribution in [2.45, 2.75) is 25.9 Å². The van der Waals surface area contributed by atoms with Crippen LogP contribution in [0.25, 0.3) is 0 Å². The maximum atomic E-state index is 12.8. The average Bonchev–Trinajstić information content (AvgIpc) is 2.35. The molecule has 7 heteroatoms. The first-order chi connectivity index (χ1) is 9.34. The van der Waals surface area contributed by atoms with Crippen molar-refractivity contribution in [3.8, 4) is 0 Å². The van der Waals surface area contributed by atoms with Crippen molar-refractivity contribution < 1.29 is 18.0 Å². The molecule has 1 rings (SSSR count). The summed E-state index contributed by atoms with van der Waals surface area (Å²) in [6.45, 7) is 2.65. The predicted molar refractivity (Wildman–Crippen MR) is 75.6 cm³/mol. The summed E-state index contributed by atoms with van der Waals surface area (Å²) in [6.07, 6.45) is -3.47. The van der Waals surface area contributed by atoms with Crippen molar-refractivity contribution in [3.63, 3.8) is 0 Å². The molecule has 3 nitrogen and oxygen atoms in total. The Morgan fingerprint density at radius 1 is 1.30 bits per heavy atom. The van der Waals surface area contributed by atoms with Gasteiger partial charge < -0.3 is 10.6 Å². The molecule has 0 spiro atoms. The van der Waals surface area contributed by atoms with Gasteiger partial charge >= 0.3 is 6.18 Å². The van der Waals surface area contributed by atoms with Crippen molar-refractivity contribution >= 4 is 27.5 Å². The van der Waals surface area contributed by atoms with Gasteiger partial charge in [-0.05, 0) is 24.6 Å². The van der Waals surface area contributed by atoms with Crippen LogP contribution in [0.4, 0.5) is 18.9 Å². The Kier molecular flexibility index (Phi) is 6.32. The van der Waals surface area contributed by atoms with Gasteiger partial charge in [0.15, 0.2) is 0 Å². The van der Waals surface area contributed by atoms with E-state index in [9.17, 15) is 18.0 Å². The highest BCUT2D eigenvalue weighted by Crippen LogP contribution is 2.36. The summed E-state index contributed by atoms with van der Waals surface area (Å²) >= 11 is 3.13. The van der Waals surface area contributed by atoms with Crippen LogP contribution in [0, 0.1) is 0 Å². The molecule has 2 N–H and O–H groups in total. The van der Waals surface area contributed by atoms with Gasteiger partial charge in [0.2, 0.25) is 5.91 Å². The summed E-state index contributed by atoms with van der Waals surface area (Å²) in [6, 6.07) is 3.69. The number of carbonyl (C=O) groups is 1. The maximum Gasteiger partial charge on any atom is 0.418 e. The lowest BCUT2D eigenvalue weighted by Crippen LogP contribution is -2.26. The second kappa shape index (κ2) is 7.52. The lowest BCUT2D eigenvalue weighted by Gasteiger charge is -2.15. The Morgan fingerprint density at radius 3 is 2.60 bits per heavy atom. The maximum absolute atomic E-state index is 12.8. The third kappa shape index (κ3) is 5.40. The number of hydrogen-bond donors (Lipinski definition) is 2. The fraction of sp³-hybridized carbons (Fsp3) is 0.462. The Hall–Kier alpha value is -1.24. The van der Waals surface area contributed by atoms with Crippen molar-refractivity contribution in [2.24, 2.45) is 0 Å². The van der Waals surface area contributed by atoms with Crippen LogP contribution in [0.3, 0.4) is 0 Å². The predicted octanol–water partition coefficient (Wildman–Crippen LogP) is 3.80. The average molecular weight is 353 g/mol. The van der Waals surface area contributed by atoms with E-state index in [1.165, 1.54) is 12.1 Å². The molecule has 20 heavy (non-hydrogen) atoms. The summed E-state index contributed by atoms with van der Waals surface area (Å²) in [5.74, 6) is -0.178. The van der Waals surface area contributed by atoms with E-state index in [0.29, 0.717) is 11.0 Å². The topological polar surface area (TPSA) is 41.1 Å². The minimum absolute atomic E-state index is 0.0323. The third-order valence-electron chi connectivity index (χ3n) is 2.53. The van der Waals surface area contributed by atoms with E-state index >= 15 is 0 Å². The minimum atomic E-state index is -4.42. The number of nitrogens with one attached hydrogen (secondary N) is 2. The van der Waals surface area contributed by atoms with Gasteiger partial charge in [-0.3, -0.25) is 4.79 Å². The zero-order chi connectivity index (χ0) is 15.2. The first kappa shape index (κ1) is 16.8. The fourth-order valence-electron chi connectivity index (χ4n) is 1.57. The van der Waals surface area contributed by atoms with Gasteiger partial charge in [-0.2, -0.15) is 13.2 Å². The van der Waals surface area contributed by atoms with E-state index in [1.807, 2.05) is 6.92 Å². The third-order valence-corrected chi connectivity index (χ3v) is 3.02. The number of alkyl halides is 3. The number of amides is 1. The number of benzene rings is 1. The molecule has 0 aliphatic rings. The normalized spacial score (nSPS) is 11.2. The van der Waals surface area contributed by atoms with E-state index in [0.717, 1.165) is 12.5 Å². The molecule has 0 heterocycles. The van der Waals surface area contributed by atoms with Gasteiger partial charge in [-0.1, -0.05) is 22.9 Å². The van der Waals surface area contributed by atoms with Crippen LogP contribution in [0.15, 0.2) is 22.7 Å². The molecular formula is C13H16BrF3N2O. The number of carbonyl (C=O) groups excluding carboxylic acids is 1. The molecule has 0 fully saturated rings. The highest BCUT2D eigenvalue weighted by Gasteiger charge is 2.33. The number of rotatable bonds is 6. The summed E-state index contributed by atoms with van der Waals surface area (Å²) in [5.41, 5.74) is -0.773. The van der Waals surface area contributed by atoms with Crippen molar-refractivity contribution in [2.75, 3.05) is 18.4 Å². The lowest BCUT2D eigenvalue weighted by molar-refractivity contribution is -0.137. The van der Waals surface area contributed by atoms with Crippen LogP contribution in [-0.4, -0.2) is 19.0 Å². The number of hydrogen-bond acceptors (Lipinski definition) is 2. The molecule has 1 aromatic rings. The molecule has 1 aromatic carbocycles. The van der Waals surface area contributed by atoms with Crippen LogP contribution in [0.5, 0.6) is 0 Å². The zero-order valence-corrected chi connectivity index (χ0v) is 12.6. The molecule has 0 radical (unpaired) electrons. The zero-order valence-electron chi connectivity index (χ0n) is 11.0. The van der Waals surface area contributed by atoms with Gasteiger partial charge in [-0.15, -0.1) is 0 Å². The second-order valence-corrected chi connectivity index (χ2v) is 5.13. The van der Waals surface area contributed by atoms with Gasteiger partial charge in [0.25, 0.3) is 0 Å². The summed E-state index contributed by atoms with van der Waals surface area (Å²) in [7, 11) is 0. The molecule has 0 saturated heterocycles. The van der Waals surface area contributed by atoms with Crippen molar-refractivity contribution in [1.82, 2.24) is 5.32 Å². The van der Waals surface area contributed by atoms with Gasteiger partial charge in [-0.25, -0.2) is 0 Å². The Morgan fingerprint density at radius 2 is 2.00 bits per heavy atom. The second-order valence-electron chi connectivity index (χ2n) is 4.21. The monoisotopic (exact) mass is 352 g/mol. The van der Waals surface area contributed by atoms with E-state index in [4.69, 9.17) is 0 Å². The molecule has 0 aliphatic heterocycles. The molecule has 0 aliphatic carbocycles. The van der Waals surface area contributed by atoms with Crippen molar-refractivity contribution in [1.29, 1.82) is 0 Å². The van der Waals surface area contributed by atoms with E-state index < -0.39 is 11.7 Å².